The van der Waals surface area contributed by atoms with Crippen molar-refractivity contribution in [3.63, 3.8) is 0 Å². The third-order valence-corrected chi connectivity index (χ3v) is 4.33. The number of hydrogen-bond acceptors (Lipinski definition) is 2. The van der Waals surface area contributed by atoms with Crippen LogP contribution < -0.4 is 5.32 Å². The Morgan fingerprint density at radius 3 is 2.63 bits per heavy atom. The van der Waals surface area contributed by atoms with E-state index in [0.29, 0.717) is 6.10 Å². The second-order valence-corrected chi connectivity index (χ2v) is 5.91. The molecule has 106 valence electrons. The highest BCUT2D eigenvalue weighted by Crippen LogP contribution is 2.30. The fourth-order valence-electron chi connectivity index (χ4n) is 2.76. The van der Waals surface area contributed by atoms with Crippen molar-refractivity contribution in [3.05, 3.63) is 30.3 Å². The van der Waals surface area contributed by atoms with Crippen molar-refractivity contribution in [2.45, 2.75) is 45.6 Å². The Morgan fingerprint density at radius 1 is 1.11 bits per heavy atom. The van der Waals surface area contributed by atoms with Gasteiger partial charge in [0.15, 0.2) is 0 Å². The van der Waals surface area contributed by atoms with Gasteiger partial charge in [-0.2, -0.15) is 0 Å². The second-order valence-electron chi connectivity index (χ2n) is 5.91. The van der Waals surface area contributed by atoms with E-state index in [1.165, 1.54) is 24.9 Å². The van der Waals surface area contributed by atoms with Crippen LogP contribution in [0.4, 0.5) is 5.69 Å². The molecule has 0 bridgehead atoms. The van der Waals surface area contributed by atoms with Gasteiger partial charge in [-0.3, -0.25) is 0 Å². The SMILES string of the molecule is CC1CCC(OCCCNc2ccccc2)CC1C. The van der Waals surface area contributed by atoms with Crippen LogP contribution in [0.2, 0.25) is 0 Å². The Labute approximate surface area is 117 Å². The van der Waals surface area contributed by atoms with Gasteiger partial charge in [-0.15, -0.1) is 0 Å². The molecule has 2 heteroatoms. The highest BCUT2D eigenvalue weighted by atomic mass is 16.5. The molecule has 1 fully saturated rings. The summed E-state index contributed by atoms with van der Waals surface area (Å²) in [5, 5.41) is 3.42. The number of para-hydroxylation sites is 1. The first-order chi connectivity index (χ1) is 9.25. The molecule has 0 aromatic heterocycles. The summed E-state index contributed by atoms with van der Waals surface area (Å²) in [6, 6.07) is 10.4. The number of anilines is 1. The number of rotatable bonds is 6. The molecule has 2 nitrogen and oxygen atoms in total. The summed E-state index contributed by atoms with van der Waals surface area (Å²) < 4.78 is 6.00. The molecule has 3 atom stereocenters. The van der Waals surface area contributed by atoms with Crippen LogP contribution in [0.5, 0.6) is 0 Å². The summed E-state index contributed by atoms with van der Waals surface area (Å²) in [4.78, 5) is 0. The Kier molecular flexibility index (Phi) is 5.71. The van der Waals surface area contributed by atoms with Gasteiger partial charge in [-0.1, -0.05) is 32.0 Å². The van der Waals surface area contributed by atoms with Crippen molar-refractivity contribution in [1.29, 1.82) is 0 Å². The maximum Gasteiger partial charge on any atom is 0.0577 e. The van der Waals surface area contributed by atoms with Gasteiger partial charge < -0.3 is 10.1 Å². The lowest BCUT2D eigenvalue weighted by Gasteiger charge is -2.32. The largest absolute Gasteiger partial charge is 0.385 e. The van der Waals surface area contributed by atoms with E-state index in [0.717, 1.165) is 31.4 Å². The molecular formula is C17H27NO. The zero-order valence-electron chi connectivity index (χ0n) is 12.3. The van der Waals surface area contributed by atoms with Gasteiger partial charge in [-0.05, 0) is 49.7 Å². The predicted molar refractivity (Wildman–Crippen MR) is 81.5 cm³/mol. The average Bonchev–Trinajstić information content (AvgIpc) is 2.43. The van der Waals surface area contributed by atoms with E-state index in [2.05, 4.69) is 43.4 Å². The van der Waals surface area contributed by atoms with Gasteiger partial charge in [0, 0.05) is 18.8 Å². The zero-order valence-corrected chi connectivity index (χ0v) is 12.3. The van der Waals surface area contributed by atoms with Gasteiger partial charge in [0.1, 0.15) is 0 Å². The molecule has 0 saturated heterocycles. The number of nitrogens with one attached hydrogen (secondary N) is 1. The fourth-order valence-corrected chi connectivity index (χ4v) is 2.76. The minimum atomic E-state index is 0.503. The molecule has 1 aliphatic carbocycles. The number of hydrogen-bond donors (Lipinski definition) is 1. The van der Waals surface area contributed by atoms with Crippen LogP contribution in [0.25, 0.3) is 0 Å². The minimum Gasteiger partial charge on any atom is -0.385 e. The van der Waals surface area contributed by atoms with Gasteiger partial charge in [0.05, 0.1) is 6.10 Å². The molecule has 1 aliphatic rings. The first-order valence-corrected chi connectivity index (χ1v) is 7.66. The highest BCUT2D eigenvalue weighted by Gasteiger charge is 2.24. The van der Waals surface area contributed by atoms with Crippen LogP contribution in [0.3, 0.4) is 0 Å². The van der Waals surface area contributed by atoms with E-state index >= 15 is 0 Å². The number of benzene rings is 1. The predicted octanol–water partition coefficient (Wildman–Crippen LogP) is 4.33. The van der Waals surface area contributed by atoms with Gasteiger partial charge in [0.25, 0.3) is 0 Å². The van der Waals surface area contributed by atoms with Crippen molar-refractivity contribution in [3.8, 4) is 0 Å². The molecule has 0 heterocycles. The normalized spacial score (nSPS) is 27.2. The lowest BCUT2D eigenvalue weighted by molar-refractivity contribution is 0.00266. The van der Waals surface area contributed by atoms with Crippen molar-refractivity contribution < 1.29 is 4.74 Å². The van der Waals surface area contributed by atoms with E-state index in [1.807, 2.05) is 6.07 Å². The van der Waals surface area contributed by atoms with Crippen LogP contribution >= 0.6 is 0 Å². The molecule has 0 spiro atoms. The van der Waals surface area contributed by atoms with Gasteiger partial charge >= 0.3 is 0 Å². The summed E-state index contributed by atoms with van der Waals surface area (Å²) in [5.74, 6) is 1.70. The lowest BCUT2D eigenvalue weighted by Crippen LogP contribution is -2.27. The molecule has 19 heavy (non-hydrogen) atoms. The molecule has 0 radical (unpaired) electrons. The third-order valence-electron chi connectivity index (χ3n) is 4.33. The third kappa shape index (κ3) is 4.87. The maximum atomic E-state index is 6.00. The monoisotopic (exact) mass is 261 g/mol. The van der Waals surface area contributed by atoms with E-state index in [4.69, 9.17) is 4.74 Å². The molecule has 2 rings (SSSR count). The Hall–Kier alpha value is -1.02. The molecule has 1 N–H and O–H groups in total. The minimum absolute atomic E-state index is 0.503. The first kappa shape index (κ1) is 14.4. The standard InChI is InChI=1S/C17H27NO/c1-14-9-10-17(13-15(14)2)19-12-6-11-18-16-7-4-3-5-8-16/h3-5,7-8,14-15,17-18H,6,9-13H2,1-2H3. The summed E-state index contributed by atoms with van der Waals surface area (Å²) in [6.45, 7) is 6.59. The highest BCUT2D eigenvalue weighted by molar-refractivity contribution is 5.42. The Bertz CT molecular complexity index is 352. The molecule has 1 aromatic rings. The van der Waals surface area contributed by atoms with E-state index in [9.17, 15) is 0 Å². The van der Waals surface area contributed by atoms with Crippen molar-refractivity contribution in [2.24, 2.45) is 11.8 Å². The zero-order chi connectivity index (χ0) is 13.5. The number of ether oxygens (including phenoxy) is 1. The van der Waals surface area contributed by atoms with Gasteiger partial charge in [-0.25, -0.2) is 0 Å². The van der Waals surface area contributed by atoms with Crippen LogP contribution in [0.15, 0.2) is 30.3 Å². The molecule has 1 saturated carbocycles. The van der Waals surface area contributed by atoms with Gasteiger partial charge in [0.2, 0.25) is 0 Å². The van der Waals surface area contributed by atoms with Crippen molar-refractivity contribution >= 4 is 5.69 Å². The second kappa shape index (κ2) is 7.54. The van der Waals surface area contributed by atoms with Crippen molar-refractivity contribution in [2.75, 3.05) is 18.5 Å². The van der Waals surface area contributed by atoms with Crippen LogP contribution in [-0.2, 0) is 4.74 Å². The molecule has 0 amide bonds. The maximum absolute atomic E-state index is 6.00. The van der Waals surface area contributed by atoms with Crippen LogP contribution in [0, 0.1) is 11.8 Å². The summed E-state index contributed by atoms with van der Waals surface area (Å²) in [7, 11) is 0. The molecule has 3 unspecified atom stereocenters. The van der Waals surface area contributed by atoms with E-state index in [-0.39, 0.29) is 0 Å². The quantitative estimate of drug-likeness (QED) is 0.770. The summed E-state index contributed by atoms with van der Waals surface area (Å²) in [5.41, 5.74) is 1.20. The summed E-state index contributed by atoms with van der Waals surface area (Å²) >= 11 is 0. The molecule has 1 aromatic carbocycles. The van der Waals surface area contributed by atoms with E-state index in [1.54, 1.807) is 0 Å². The fraction of sp³-hybridized carbons (Fsp3) is 0.647. The first-order valence-electron chi connectivity index (χ1n) is 7.66. The average molecular weight is 261 g/mol. The van der Waals surface area contributed by atoms with Crippen LogP contribution in [0.1, 0.15) is 39.5 Å². The van der Waals surface area contributed by atoms with Crippen LogP contribution in [-0.4, -0.2) is 19.3 Å². The molecular weight excluding hydrogens is 234 g/mol. The summed E-state index contributed by atoms with van der Waals surface area (Å²) in [6.07, 6.45) is 5.40. The van der Waals surface area contributed by atoms with Crippen molar-refractivity contribution in [1.82, 2.24) is 0 Å². The van der Waals surface area contributed by atoms with E-state index < -0.39 is 0 Å². The molecule has 0 aliphatic heterocycles. The Balaban J connectivity index is 1.55. The smallest absolute Gasteiger partial charge is 0.0577 e. The lowest BCUT2D eigenvalue weighted by atomic mass is 9.80. The Morgan fingerprint density at radius 2 is 1.89 bits per heavy atom. The topological polar surface area (TPSA) is 21.3 Å².